The smallest absolute Gasteiger partial charge is 0.394 e. The van der Waals surface area contributed by atoms with Gasteiger partial charge in [0, 0.05) is 0 Å². The van der Waals surface area contributed by atoms with E-state index >= 15 is 0 Å². The molecule has 2 bridgehead atoms. The van der Waals surface area contributed by atoms with Crippen LogP contribution in [0.25, 0.3) is 0 Å². The highest BCUT2D eigenvalue weighted by Crippen LogP contribution is 2.45. The van der Waals surface area contributed by atoms with E-state index in [9.17, 15) is 44.3 Å². The first-order chi connectivity index (χ1) is 12.1. The standard InChI is InChI=1S/C16H17F9O2/c17-13(18,6-14(19,20)8-16(23,24)25)7-15(21,22)12(26)27-5-11-4-9-1-2-10(11)3-9/h1-2,9-11H,3-8H2. The van der Waals surface area contributed by atoms with E-state index < -0.39 is 55.8 Å². The number of carbonyl (C=O) groups excluding carboxylic acids is 1. The number of ether oxygens (including phenoxy) is 1. The van der Waals surface area contributed by atoms with Crippen LogP contribution in [-0.4, -0.2) is 36.5 Å². The van der Waals surface area contributed by atoms with Gasteiger partial charge in [-0.05, 0) is 30.6 Å². The molecule has 2 nitrogen and oxygen atoms in total. The van der Waals surface area contributed by atoms with Crippen molar-refractivity contribution >= 4 is 5.97 Å². The summed E-state index contributed by atoms with van der Waals surface area (Å²) in [5.74, 6) is -16.9. The van der Waals surface area contributed by atoms with Crippen LogP contribution in [0.1, 0.15) is 32.1 Å². The Kier molecular flexibility index (Phi) is 5.83. The number of esters is 1. The van der Waals surface area contributed by atoms with E-state index in [2.05, 4.69) is 4.74 Å². The number of allylic oxidation sites excluding steroid dienone is 2. The maximum Gasteiger partial charge on any atom is 0.394 e. The molecule has 0 saturated heterocycles. The van der Waals surface area contributed by atoms with Crippen molar-refractivity contribution in [3.05, 3.63) is 12.2 Å². The van der Waals surface area contributed by atoms with Crippen molar-refractivity contribution in [2.24, 2.45) is 17.8 Å². The Balaban J connectivity index is 1.88. The number of alkyl halides is 9. The first-order valence-electron chi connectivity index (χ1n) is 8.14. The lowest BCUT2D eigenvalue weighted by Crippen LogP contribution is -2.41. The van der Waals surface area contributed by atoms with Crippen molar-refractivity contribution in [1.29, 1.82) is 0 Å². The summed E-state index contributed by atoms with van der Waals surface area (Å²) in [6.45, 7) is -0.421. The minimum atomic E-state index is -5.45. The normalized spacial score (nSPS) is 25.9. The molecule has 0 heterocycles. The molecule has 0 aromatic rings. The lowest BCUT2D eigenvalue weighted by Gasteiger charge is -2.27. The Morgan fingerprint density at radius 2 is 1.44 bits per heavy atom. The van der Waals surface area contributed by atoms with Gasteiger partial charge in [0.2, 0.25) is 0 Å². The topological polar surface area (TPSA) is 26.3 Å². The Morgan fingerprint density at radius 1 is 0.852 bits per heavy atom. The monoisotopic (exact) mass is 412 g/mol. The minimum absolute atomic E-state index is 0.0407. The summed E-state index contributed by atoms with van der Waals surface area (Å²) < 4.78 is 121. The van der Waals surface area contributed by atoms with E-state index in [0.717, 1.165) is 6.42 Å². The molecule has 0 aromatic carbocycles. The first-order valence-corrected chi connectivity index (χ1v) is 8.14. The van der Waals surface area contributed by atoms with E-state index in [1.54, 1.807) is 0 Å². The second-order valence-electron chi connectivity index (χ2n) is 7.20. The summed E-state index contributed by atoms with van der Waals surface area (Å²) in [5.41, 5.74) is 0. The number of carbonyl (C=O) groups is 1. The van der Waals surface area contributed by atoms with Crippen LogP contribution >= 0.6 is 0 Å². The van der Waals surface area contributed by atoms with Gasteiger partial charge in [-0.1, -0.05) is 12.2 Å². The Hall–Kier alpha value is -1.42. The molecule has 0 radical (unpaired) electrons. The largest absolute Gasteiger partial charge is 0.461 e. The molecule has 0 N–H and O–H groups in total. The van der Waals surface area contributed by atoms with Gasteiger partial charge < -0.3 is 4.74 Å². The summed E-state index contributed by atoms with van der Waals surface area (Å²) >= 11 is 0. The van der Waals surface area contributed by atoms with Crippen molar-refractivity contribution in [2.75, 3.05) is 6.61 Å². The van der Waals surface area contributed by atoms with Gasteiger partial charge in [-0.2, -0.15) is 22.0 Å². The van der Waals surface area contributed by atoms with Gasteiger partial charge >= 0.3 is 18.1 Å². The maximum atomic E-state index is 13.7. The number of fused-ring (bicyclic) bond motifs is 2. The molecule has 0 spiro atoms. The zero-order chi connectivity index (χ0) is 20.7. The van der Waals surface area contributed by atoms with Crippen LogP contribution in [0.2, 0.25) is 0 Å². The highest BCUT2D eigenvalue weighted by atomic mass is 19.4. The van der Waals surface area contributed by atoms with Crippen LogP contribution in [-0.2, 0) is 9.53 Å². The number of rotatable bonds is 8. The van der Waals surface area contributed by atoms with E-state index in [0.29, 0.717) is 6.42 Å². The highest BCUT2D eigenvalue weighted by Gasteiger charge is 2.56. The molecule has 1 fully saturated rings. The third-order valence-corrected chi connectivity index (χ3v) is 4.60. The Bertz CT molecular complexity index is 583. The van der Waals surface area contributed by atoms with Gasteiger partial charge in [0.1, 0.15) is 6.42 Å². The van der Waals surface area contributed by atoms with Crippen LogP contribution in [0.4, 0.5) is 39.5 Å². The molecule has 2 rings (SSSR count). The van der Waals surface area contributed by atoms with Gasteiger partial charge in [-0.3, -0.25) is 0 Å². The molecule has 27 heavy (non-hydrogen) atoms. The van der Waals surface area contributed by atoms with Crippen LogP contribution < -0.4 is 0 Å². The van der Waals surface area contributed by atoms with Crippen LogP contribution in [0.5, 0.6) is 0 Å². The average Bonchev–Trinajstić information content (AvgIpc) is 3.01. The Labute approximate surface area is 148 Å². The lowest BCUT2D eigenvalue weighted by molar-refractivity contribution is -0.218. The summed E-state index contributed by atoms with van der Waals surface area (Å²) in [6.07, 6.45) is -8.55. The van der Waals surface area contributed by atoms with Gasteiger partial charge in [0.25, 0.3) is 11.8 Å². The van der Waals surface area contributed by atoms with Crippen molar-refractivity contribution in [1.82, 2.24) is 0 Å². The fourth-order valence-electron chi connectivity index (χ4n) is 3.57. The molecule has 2 aliphatic carbocycles. The summed E-state index contributed by atoms with van der Waals surface area (Å²) in [5, 5.41) is 0. The van der Waals surface area contributed by atoms with E-state index in [1.165, 1.54) is 0 Å². The molecule has 3 unspecified atom stereocenters. The second kappa shape index (κ2) is 7.20. The first kappa shape index (κ1) is 21.9. The van der Waals surface area contributed by atoms with Crippen molar-refractivity contribution in [2.45, 2.75) is 56.0 Å². The second-order valence-corrected chi connectivity index (χ2v) is 7.20. The molecule has 0 aromatic heterocycles. The number of hydrogen-bond acceptors (Lipinski definition) is 2. The van der Waals surface area contributed by atoms with E-state index in [1.807, 2.05) is 12.2 Å². The molecule has 156 valence electrons. The van der Waals surface area contributed by atoms with Crippen molar-refractivity contribution in [3.63, 3.8) is 0 Å². The fraction of sp³-hybridized carbons (Fsp3) is 0.812. The zero-order valence-electron chi connectivity index (χ0n) is 13.8. The van der Waals surface area contributed by atoms with Crippen LogP contribution in [0, 0.1) is 17.8 Å². The highest BCUT2D eigenvalue weighted by molar-refractivity contribution is 5.77. The number of halogens is 9. The molecule has 3 atom stereocenters. The third-order valence-electron chi connectivity index (χ3n) is 4.60. The van der Waals surface area contributed by atoms with Crippen LogP contribution in [0.15, 0.2) is 12.2 Å². The quantitative estimate of drug-likeness (QED) is 0.304. The van der Waals surface area contributed by atoms with Gasteiger partial charge in [-0.15, -0.1) is 0 Å². The van der Waals surface area contributed by atoms with Gasteiger partial charge in [0.15, 0.2) is 0 Å². The average molecular weight is 412 g/mol. The van der Waals surface area contributed by atoms with Crippen molar-refractivity contribution < 1.29 is 49.0 Å². The molecule has 11 heteroatoms. The molecule has 2 aliphatic rings. The van der Waals surface area contributed by atoms with Crippen molar-refractivity contribution in [3.8, 4) is 0 Å². The van der Waals surface area contributed by atoms with Gasteiger partial charge in [0.05, 0.1) is 19.4 Å². The molecule has 0 aliphatic heterocycles. The Morgan fingerprint density at radius 3 is 1.93 bits per heavy atom. The predicted molar refractivity (Wildman–Crippen MR) is 74.6 cm³/mol. The summed E-state index contributed by atoms with van der Waals surface area (Å²) in [7, 11) is 0. The predicted octanol–water partition coefficient (Wildman–Crippen LogP) is 5.38. The maximum absolute atomic E-state index is 13.7. The third kappa shape index (κ3) is 6.31. The minimum Gasteiger partial charge on any atom is -0.461 e. The summed E-state index contributed by atoms with van der Waals surface area (Å²) in [6, 6.07) is 0. The van der Waals surface area contributed by atoms with Crippen LogP contribution in [0.3, 0.4) is 0 Å². The van der Waals surface area contributed by atoms with E-state index in [-0.39, 0.29) is 17.8 Å². The molecular formula is C16H17F9O2. The molecule has 0 amide bonds. The fourth-order valence-corrected chi connectivity index (χ4v) is 3.57. The SMILES string of the molecule is O=C(OCC1CC2C=CC1C2)C(F)(F)CC(F)(F)CC(F)(F)CC(F)(F)F. The lowest BCUT2D eigenvalue weighted by atomic mass is 9.94. The zero-order valence-corrected chi connectivity index (χ0v) is 13.8. The van der Waals surface area contributed by atoms with E-state index in [4.69, 9.17) is 0 Å². The summed E-state index contributed by atoms with van der Waals surface area (Å²) in [4.78, 5) is 11.4. The molecule has 1 saturated carbocycles. The number of hydrogen-bond donors (Lipinski definition) is 0. The molecular weight excluding hydrogens is 395 g/mol. The van der Waals surface area contributed by atoms with Gasteiger partial charge in [-0.25, -0.2) is 22.4 Å².